The summed E-state index contributed by atoms with van der Waals surface area (Å²) in [5.74, 6) is 1.02. The summed E-state index contributed by atoms with van der Waals surface area (Å²) in [4.78, 5) is 0. The minimum absolute atomic E-state index is 0.423. The summed E-state index contributed by atoms with van der Waals surface area (Å²) in [5, 5.41) is 3.44. The second-order valence-electron chi connectivity index (χ2n) is 5.31. The second-order valence-corrected chi connectivity index (χ2v) is 6.16. The van der Waals surface area contributed by atoms with Crippen LogP contribution < -0.4 is 10.1 Å². The van der Waals surface area contributed by atoms with Gasteiger partial charge in [0.25, 0.3) is 0 Å². The van der Waals surface area contributed by atoms with Crippen molar-refractivity contribution >= 4 is 15.9 Å². The zero-order valence-corrected chi connectivity index (χ0v) is 13.3. The Labute approximate surface area is 125 Å². The van der Waals surface area contributed by atoms with Crippen LogP contribution >= 0.6 is 15.9 Å². The third-order valence-electron chi connectivity index (χ3n) is 3.61. The maximum atomic E-state index is 6.11. The van der Waals surface area contributed by atoms with Crippen LogP contribution in [0.3, 0.4) is 0 Å². The third kappa shape index (κ3) is 4.81. The molecule has 0 atom stereocenters. The summed E-state index contributed by atoms with van der Waals surface area (Å²) >= 11 is 3.61. The number of benzene rings is 1. The summed E-state index contributed by atoms with van der Waals surface area (Å²) in [6.07, 6.45) is 7.99. The lowest BCUT2D eigenvalue weighted by molar-refractivity contribution is 0.155. The zero-order chi connectivity index (χ0) is 13.5. The molecule has 1 N–H and O–H groups in total. The molecule has 106 valence electrons. The second kappa shape index (κ2) is 7.91. The van der Waals surface area contributed by atoms with Crippen LogP contribution in [0.15, 0.2) is 22.7 Å². The van der Waals surface area contributed by atoms with Gasteiger partial charge >= 0.3 is 0 Å². The van der Waals surface area contributed by atoms with Gasteiger partial charge in [0, 0.05) is 11.0 Å². The summed E-state index contributed by atoms with van der Waals surface area (Å²) in [6.45, 7) is 4.14. The zero-order valence-electron chi connectivity index (χ0n) is 11.8. The van der Waals surface area contributed by atoms with Gasteiger partial charge in [-0.25, -0.2) is 0 Å². The Kier molecular flexibility index (Phi) is 6.18. The molecule has 0 unspecified atom stereocenters. The molecule has 0 radical (unpaired) electrons. The monoisotopic (exact) mass is 325 g/mol. The fourth-order valence-electron chi connectivity index (χ4n) is 2.54. The Morgan fingerprint density at radius 3 is 2.79 bits per heavy atom. The van der Waals surface area contributed by atoms with E-state index in [1.165, 1.54) is 37.7 Å². The van der Waals surface area contributed by atoms with E-state index in [-0.39, 0.29) is 0 Å². The van der Waals surface area contributed by atoms with E-state index in [0.717, 1.165) is 29.7 Å². The van der Waals surface area contributed by atoms with Crippen molar-refractivity contribution < 1.29 is 4.74 Å². The van der Waals surface area contributed by atoms with Gasteiger partial charge in [0.05, 0.1) is 6.10 Å². The lowest BCUT2D eigenvalue weighted by atomic mass is 9.98. The van der Waals surface area contributed by atoms with E-state index in [0.29, 0.717) is 6.10 Å². The molecular formula is C16H24BrNO. The van der Waals surface area contributed by atoms with Crippen molar-refractivity contribution in [1.29, 1.82) is 0 Å². The quantitative estimate of drug-likeness (QED) is 0.768. The number of hydrogen-bond donors (Lipinski definition) is 1. The Balaban J connectivity index is 1.94. The number of hydrogen-bond acceptors (Lipinski definition) is 2. The van der Waals surface area contributed by atoms with Crippen molar-refractivity contribution in [2.75, 3.05) is 6.54 Å². The van der Waals surface area contributed by atoms with Gasteiger partial charge in [-0.1, -0.05) is 29.3 Å². The van der Waals surface area contributed by atoms with Crippen LogP contribution in [-0.4, -0.2) is 12.6 Å². The average Bonchev–Trinajstić information content (AvgIpc) is 2.44. The van der Waals surface area contributed by atoms with Gasteiger partial charge in [0.2, 0.25) is 0 Å². The standard InChI is InChI=1S/C16H24BrNO/c1-2-10-18-12-13-11-15(8-9-16(13)17)19-14-6-4-3-5-7-14/h8-9,11,14,18H,2-7,10,12H2,1H3. The molecule has 1 aliphatic carbocycles. The molecule has 1 saturated carbocycles. The summed E-state index contributed by atoms with van der Waals surface area (Å²) in [5.41, 5.74) is 1.28. The first kappa shape index (κ1) is 14.9. The Bertz CT molecular complexity index is 388. The molecule has 0 aromatic heterocycles. The fraction of sp³-hybridized carbons (Fsp3) is 0.625. The van der Waals surface area contributed by atoms with Gasteiger partial charge in [0.15, 0.2) is 0 Å². The molecule has 1 aromatic rings. The van der Waals surface area contributed by atoms with Crippen LogP contribution in [0.25, 0.3) is 0 Å². The highest BCUT2D eigenvalue weighted by Gasteiger charge is 2.15. The number of ether oxygens (including phenoxy) is 1. The SMILES string of the molecule is CCCNCc1cc(OC2CCCCC2)ccc1Br. The Morgan fingerprint density at radius 2 is 2.05 bits per heavy atom. The van der Waals surface area contributed by atoms with Crippen molar-refractivity contribution in [3.63, 3.8) is 0 Å². The highest BCUT2D eigenvalue weighted by Crippen LogP contribution is 2.27. The minimum Gasteiger partial charge on any atom is -0.490 e. The van der Waals surface area contributed by atoms with E-state index >= 15 is 0 Å². The van der Waals surface area contributed by atoms with Crippen molar-refractivity contribution in [1.82, 2.24) is 5.32 Å². The van der Waals surface area contributed by atoms with Crippen LogP contribution in [-0.2, 0) is 6.54 Å². The molecule has 0 spiro atoms. The van der Waals surface area contributed by atoms with Gasteiger partial charge in [-0.3, -0.25) is 0 Å². The normalized spacial score (nSPS) is 16.5. The van der Waals surface area contributed by atoms with Gasteiger partial charge < -0.3 is 10.1 Å². The largest absolute Gasteiger partial charge is 0.490 e. The van der Waals surface area contributed by atoms with E-state index in [1.54, 1.807) is 0 Å². The topological polar surface area (TPSA) is 21.3 Å². The first-order chi connectivity index (χ1) is 9.29. The molecule has 19 heavy (non-hydrogen) atoms. The van der Waals surface area contributed by atoms with E-state index in [4.69, 9.17) is 4.74 Å². The fourth-order valence-corrected chi connectivity index (χ4v) is 2.92. The van der Waals surface area contributed by atoms with Crippen molar-refractivity contribution in [3.05, 3.63) is 28.2 Å². The molecule has 1 aromatic carbocycles. The molecular weight excluding hydrogens is 302 g/mol. The number of halogens is 1. The molecule has 0 amide bonds. The first-order valence-corrected chi connectivity index (χ1v) is 8.24. The highest BCUT2D eigenvalue weighted by atomic mass is 79.9. The molecule has 1 fully saturated rings. The molecule has 0 bridgehead atoms. The molecule has 2 nitrogen and oxygen atoms in total. The predicted octanol–water partition coefficient (Wildman–Crippen LogP) is 4.66. The molecule has 0 heterocycles. The van der Waals surface area contributed by atoms with Crippen LogP contribution in [0.1, 0.15) is 51.0 Å². The lowest BCUT2D eigenvalue weighted by Crippen LogP contribution is -2.20. The van der Waals surface area contributed by atoms with E-state index in [9.17, 15) is 0 Å². The van der Waals surface area contributed by atoms with Crippen LogP contribution in [0, 0.1) is 0 Å². The van der Waals surface area contributed by atoms with Crippen LogP contribution in [0.5, 0.6) is 5.75 Å². The van der Waals surface area contributed by atoms with Gasteiger partial charge in [-0.2, -0.15) is 0 Å². The molecule has 0 aliphatic heterocycles. The Hall–Kier alpha value is -0.540. The van der Waals surface area contributed by atoms with Gasteiger partial charge in [-0.15, -0.1) is 0 Å². The van der Waals surface area contributed by atoms with E-state index in [1.807, 2.05) is 0 Å². The van der Waals surface area contributed by atoms with Crippen molar-refractivity contribution in [2.24, 2.45) is 0 Å². The van der Waals surface area contributed by atoms with E-state index < -0.39 is 0 Å². The van der Waals surface area contributed by atoms with Crippen LogP contribution in [0.2, 0.25) is 0 Å². The summed E-state index contributed by atoms with van der Waals surface area (Å²) in [7, 11) is 0. The molecule has 3 heteroatoms. The Morgan fingerprint density at radius 1 is 1.26 bits per heavy atom. The van der Waals surface area contributed by atoms with Gasteiger partial charge in [-0.05, 0) is 62.4 Å². The van der Waals surface area contributed by atoms with E-state index in [2.05, 4.69) is 46.4 Å². The maximum absolute atomic E-state index is 6.11. The van der Waals surface area contributed by atoms with Crippen LogP contribution in [0.4, 0.5) is 0 Å². The van der Waals surface area contributed by atoms with Crippen molar-refractivity contribution in [3.8, 4) is 5.75 Å². The maximum Gasteiger partial charge on any atom is 0.120 e. The third-order valence-corrected chi connectivity index (χ3v) is 4.39. The first-order valence-electron chi connectivity index (χ1n) is 7.45. The molecule has 0 saturated heterocycles. The van der Waals surface area contributed by atoms with Gasteiger partial charge in [0.1, 0.15) is 5.75 Å². The highest BCUT2D eigenvalue weighted by molar-refractivity contribution is 9.10. The molecule has 1 aliphatic rings. The number of rotatable bonds is 6. The predicted molar refractivity (Wildman–Crippen MR) is 83.6 cm³/mol. The average molecular weight is 326 g/mol. The van der Waals surface area contributed by atoms with Crippen molar-refractivity contribution in [2.45, 2.75) is 58.1 Å². The minimum atomic E-state index is 0.423. The summed E-state index contributed by atoms with van der Waals surface area (Å²) < 4.78 is 7.27. The molecule has 2 rings (SSSR count). The summed E-state index contributed by atoms with van der Waals surface area (Å²) in [6, 6.07) is 6.34. The number of nitrogens with one attached hydrogen (secondary N) is 1. The smallest absolute Gasteiger partial charge is 0.120 e. The lowest BCUT2D eigenvalue weighted by Gasteiger charge is -2.23.